The first kappa shape index (κ1) is 27.7. The Kier molecular flexibility index (Phi) is 9.56. The highest BCUT2D eigenvalue weighted by atomic mass is 16.5. The first-order valence-corrected chi connectivity index (χ1v) is 13.1. The fourth-order valence-electron chi connectivity index (χ4n) is 4.58. The van der Waals surface area contributed by atoms with Crippen LogP contribution in [0.4, 0.5) is 0 Å². The molecule has 9 nitrogen and oxygen atoms in total. The lowest BCUT2D eigenvalue weighted by molar-refractivity contribution is -0.128. The molecule has 4 rings (SSSR count). The number of rotatable bonds is 13. The predicted molar refractivity (Wildman–Crippen MR) is 149 cm³/mol. The maximum absolute atomic E-state index is 14.0. The number of hydrogen-bond donors (Lipinski definition) is 2. The molecule has 1 amide bonds. The van der Waals surface area contributed by atoms with E-state index in [0.717, 1.165) is 28.7 Å². The summed E-state index contributed by atoms with van der Waals surface area (Å²) in [6.07, 6.45) is 0.900. The molecule has 9 heteroatoms. The molecule has 1 aliphatic heterocycles. The molecule has 0 aliphatic carbocycles. The van der Waals surface area contributed by atoms with Gasteiger partial charge in [-0.05, 0) is 52.9 Å². The van der Waals surface area contributed by atoms with Gasteiger partial charge in [-0.25, -0.2) is 4.99 Å². The normalized spacial score (nSPS) is 18.0. The van der Waals surface area contributed by atoms with E-state index in [0.29, 0.717) is 31.2 Å². The fourth-order valence-corrected chi connectivity index (χ4v) is 4.58. The van der Waals surface area contributed by atoms with Crippen molar-refractivity contribution >= 4 is 11.8 Å². The summed E-state index contributed by atoms with van der Waals surface area (Å²) in [5.74, 6) is 0.810. The average molecular weight is 528 g/mol. The predicted octanol–water partition coefficient (Wildman–Crippen LogP) is 5.28. The van der Waals surface area contributed by atoms with Crippen LogP contribution < -0.4 is 10.1 Å². The van der Waals surface area contributed by atoms with Crippen LogP contribution in [0.1, 0.15) is 48.1 Å². The first-order valence-electron chi connectivity index (χ1n) is 13.1. The summed E-state index contributed by atoms with van der Waals surface area (Å²) in [6.45, 7) is 3.16. The number of hydrogen-bond acceptors (Lipinski definition) is 6. The number of ether oxygens (including phenoxy) is 2. The minimum Gasteiger partial charge on any atom is -0.494 e. The largest absolute Gasteiger partial charge is 0.494 e. The van der Waals surface area contributed by atoms with Gasteiger partial charge in [0.05, 0.1) is 13.2 Å². The van der Waals surface area contributed by atoms with Crippen LogP contribution in [-0.4, -0.2) is 42.2 Å². The van der Waals surface area contributed by atoms with E-state index in [9.17, 15) is 4.79 Å². The third kappa shape index (κ3) is 6.57. The molecule has 0 spiro atoms. The Balaban J connectivity index is 1.79. The Morgan fingerprint density at radius 1 is 1.10 bits per heavy atom. The van der Waals surface area contributed by atoms with Crippen LogP contribution in [0.2, 0.25) is 0 Å². The fraction of sp³-hybridized carbons (Fsp3) is 0.333. The van der Waals surface area contributed by atoms with Crippen LogP contribution in [0, 0.1) is 0 Å². The lowest BCUT2D eigenvalue weighted by atomic mass is 9.81. The van der Waals surface area contributed by atoms with Crippen LogP contribution in [0.15, 0.2) is 89.0 Å². The number of aliphatic hydroxyl groups is 1. The highest BCUT2D eigenvalue weighted by Crippen LogP contribution is 2.43. The van der Waals surface area contributed by atoms with E-state index in [1.54, 1.807) is 0 Å². The van der Waals surface area contributed by atoms with E-state index in [-0.39, 0.29) is 25.5 Å². The Hall–Kier alpha value is -4.33. The summed E-state index contributed by atoms with van der Waals surface area (Å²) in [4.78, 5) is 21.9. The van der Waals surface area contributed by atoms with Crippen LogP contribution in [0.25, 0.3) is 10.4 Å². The van der Waals surface area contributed by atoms with E-state index in [1.165, 1.54) is 0 Å². The molecule has 0 saturated carbocycles. The van der Waals surface area contributed by atoms with Gasteiger partial charge in [0, 0.05) is 36.5 Å². The Morgan fingerprint density at radius 3 is 2.51 bits per heavy atom. The number of nitrogens with one attached hydrogen (secondary N) is 1. The maximum atomic E-state index is 14.0. The summed E-state index contributed by atoms with van der Waals surface area (Å²) in [5, 5.41) is 15.8. The monoisotopic (exact) mass is 527 g/mol. The highest BCUT2D eigenvalue weighted by Gasteiger charge is 2.53. The average Bonchev–Trinajstić information content (AvgIpc) is 3.37. The Labute approximate surface area is 228 Å². The number of carbonyl (C=O) groups is 1. The molecule has 3 aromatic carbocycles. The van der Waals surface area contributed by atoms with E-state index < -0.39 is 11.6 Å². The molecule has 0 radical (unpaired) electrons. The minimum absolute atomic E-state index is 0.0672. The molecule has 0 bridgehead atoms. The zero-order valence-corrected chi connectivity index (χ0v) is 22.0. The first-order chi connectivity index (χ1) is 19.1. The molecule has 2 atom stereocenters. The second-order valence-corrected chi connectivity index (χ2v) is 9.29. The van der Waals surface area contributed by atoms with Gasteiger partial charge < -0.3 is 19.9 Å². The van der Waals surface area contributed by atoms with Crippen molar-refractivity contribution in [2.24, 2.45) is 10.1 Å². The van der Waals surface area contributed by atoms with Gasteiger partial charge in [0.2, 0.25) is 5.90 Å². The molecule has 2 N–H and O–H groups in total. The van der Waals surface area contributed by atoms with E-state index in [2.05, 4.69) is 15.3 Å². The van der Waals surface area contributed by atoms with Crippen molar-refractivity contribution in [3.63, 3.8) is 0 Å². The van der Waals surface area contributed by atoms with Gasteiger partial charge in [-0.1, -0.05) is 66.6 Å². The summed E-state index contributed by atoms with van der Waals surface area (Å²) in [6, 6.07) is 24.6. The topological polar surface area (TPSA) is 129 Å². The van der Waals surface area contributed by atoms with Crippen molar-refractivity contribution in [1.29, 1.82) is 0 Å². The van der Waals surface area contributed by atoms with Gasteiger partial charge in [0.25, 0.3) is 5.91 Å². The molecule has 3 aromatic rings. The van der Waals surface area contributed by atoms with Crippen LogP contribution in [0.3, 0.4) is 0 Å². The van der Waals surface area contributed by atoms with E-state index in [1.807, 2.05) is 85.8 Å². The third-order valence-electron chi connectivity index (χ3n) is 6.55. The van der Waals surface area contributed by atoms with E-state index >= 15 is 0 Å². The third-order valence-corrected chi connectivity index (χ3v) is 6.55. The van der Waals surface area contributed by atoms with Gasteiger partial charge in [0.15, 0.2) is 11.6 Å². The summed E-state index contributed by atoms with van der Waals surface area (Å²) in [5.41, 5.74) is 10.8. The number of azide groups is 1. The summed E-state index contributed by atoms with van der Waals surface area (Å²) >= 11 is 0. The van der Waals surface area contributed by atoms with Crippen molar-refractivity contribution < 1.29 is 19.4 Å². The molecule has 0 aromatic heterocycles. The molecule has 0 saturated heterocycles. The van der Waals surface area contributed by atoms with Crippen molar-refractivity contribution in [3.05, 3.63) is 112 Å². The highest BCUT2D eigenvalue weighted by molar-refractivity contribution is 6.01. The quantitative estimate of drug-likeness (QED) is 0.135. The number of carbonyl (C=O) groups excluding carboxylic acids is 1. The van der Waals surface area contributed by atoms with Gasteiger partial charge in [-0.2, -0.15) is 0 Å². The van der Waals surface area contributed by atoms with Crippen molar-refractivity contribution in [3.8, 4) is 5.75 Å². The zero-order chi connectivity index (χ0) is 27.5. The van der Waals surface area contributed by atoms with Gasteiger partial charge in [0.1, 0.15) is 5.75 Å². The van der Waals surface area contributed by atoms with E-state index in [4.69, 9.17) is 25.1 Å². The van der Waals surface area contributed by atoms with Crippen LogP contribution in [-0.2, 0) is 22.5 Å². The molecule has 1 aliphatic rings. The smallest absolute Gasteiger partial charge is 0.252 e. The molecule has 202 valence electrons. The van der Waals surface area contributed by atoms with Crippen LogP contribution in [0.5, 0.6) is 5.75 Å². The molecular formula is C30H33N5O4. The maximum Gasteiger partial charge on any atom is 0.252 e. The van der Waals surface area contributed by atoms with Gasteiger partial charge in [-0.15, -0.1) is 0 Å². The number of amides is 1. The number of benzene rings is 3. The van der Waals surface area contributed by atoms with Crippen molar-refractivity contribution in [1.82, 2.24) is 5.32 Å². The Morgan fingerprint density at radius 2 is 1.82 bits per heavy atom. The summed E-state index contributed by atoms with van der Waals surface area (Å²) < 4.78 is 12.2. The number of aliphatic hydroxyl groups excluding tert-OH is 1. The van der Waals surface area contributed by atoms with Gasteiger partial charge in [-0.3, -0.25) is 4.79 Å². The standard InChI is InChI=1S/C30H33N5O4/c1-2-17-32-29(37)30(20-24-11-6-7-12-25(24)21-33-35-31)27(22-9-4-3-5-10-22)39-28(34-30)23-13-15-26(16-14-23)38-19-8-18-36/h3-7,9-16,27,36H,2,8,17-21H2,1H3,(H,32,37)/t27-,30-/m1/s1. The molecule has 0 fully saturated rings. The molecular weight excluding hydrogens is 494 g/mol. The zero-order valence-electron chi connectivity index (χ0n) is 22.0. The second kappa shape index (κ2) is 13.5. The second-order valence-electron chi connectivity index (χ2n) is 9.29. The lowest BCUT2D eigenvalue weighted by Gasteiger charge is -2.31. The molecule has 1 heterocycles. The van der Waals surface area contributed by atoms with Gasteiger partial charge >= 0.3 is 0 Å². The Bertz CT molecular complexity index is 1320. The van der Waals surface area contributed by atoms with Crippen molar-refractivity contribution in [2.45, 2.75) is 44.4 Å². The molecule has 0 unspecified atom stereocenters. The number of aliphatic imine (C=N–C) groups is 1. The lowest BCUT2D eigenvalue weighted by Crippen LogP contribution is -2.50. The SMILES string of the molecule is CCCNC(=O)[C@]1(Cc2ccccc2CN=[N+]=[N-])N=C(c2ccc(OCCCO)cc2)O[C@@H]1c1ccccc1. The number of nitrogens with zero attached hydrogens (tertiary/aromatic N) is 4. The minimum atomic E-state index is -1.30. The van der Waals surface area contributed by atoms with Crippen LogP contribution >= 0.6 is 0 Å². The summed E-state index contributed by atoms with van der Waals surface area (Å²) in [7, 11) is 0. The van der Waals surface area contributed by atoms with Crippen molar-refractivity contribution in [2.75, 3.05) is 19.8 Å². The molecule has 39 heavy (non-hydrogen) atoms.